The molecule has 0 aliphatic rings. The van der Waals surface area contributed by atoms with E-state index in [2.05, 4.69) is 40.8 Å². The minimum atomic E-state index is -1.96. The third-order valence-electron chi connectivity index (χ3n) is 4.28. The number of esters is 1. The van der Waals surface area contributed by atoms with Gasteiger partial charge >= 0.3 is 5.97 Å². The number of carbonyl (C=O) groups is 1. The maximum atomic E-state index is 11.5. The van der Waals surface area contributed by atoms with Crippen LogP contribution in [0.2, 0.25) is 18.1 Å². The summed E-state index contributed by atoms with van der Waals surface area (Å²) in [5.74, 6) is -0.780. The normalized spacial score (nSPS) is 17.0. The first-order chi connectivity index (χ1) is 9.96. The molecule has 0 radical (unpaired) electrons. The van der Waals surface area contributed by atoms with Crippen molar-refractivity contribution in [1.29, 1.82) is 0 Å². The first-order valence-corrected chi connectivity index (χ1v) is 11.1. The van der Waals surface area contributed by atoms with Crippen molar-refractivity contribution >= 4 is 14.3 Å². The fourth-order valence-corrected chi connectivity index (χ4v) is 3.32. The van der Waals surface area contributed by atoms with E-state index in [1.807, 2.05) is 0 Å². The predicted octanol–water partition coefficient (Wildman–Crippen LogP) is 2.85. The number of aliphatic hydroxyl groups excluding tert-OH is 2. The topological polar surface area (TPSA) is 76.0 Å². The molecule has 0 aromatic rings. The number of hydrogen-bond acceptors (Lipinski definition) is 5. The molecular weight excluding hydrogens is 300 g/mol. The Morgan fingerprint density at radius 2 is 1.73 bits per heavy atom. The molecule has 132 valence electrons. The molecule has 0 spiro atoms. The Bertz CT molecular complexity index is 338. The van der Waals surface area contributed by atoms with Gasteiger partial charge in [0.1, 0.15) is 0 Å². The van der Waals surface area contributed by atoms with Crippen LogP contribution in [0.3, 0.4) is 0 Å². The van der Waals surface area contributed by atoms with Crippen LogP contribution >= 0.6 is 0 Å². The molecule has 0 saturated heterocycles. The van der Waals surface area contributed by atoms with E-state index in [1.54, 1.807) is 6.92 Å². The summed E-state index contributed by atoms with van der Waals surface area (Å²) in [6.45, 7) is 14.7. The smallest absolute Gasteiger partial charge is 0.337 e. The van der Waals surface area contributed by atoms with Crippen LogP contribution in [0.5, 0.6) is 0 Å². The van der Waals surface area contributed by atoms with E-state index in [4.69, 9.17) is 9.16 Å². The summed E-state index contributed by atoms with van der Waals surface area (Å²) < 4.78 is 11.1. The molecule has 0 aromatic heterocycles. The lowest BCUT2D eigenvalue weighted by molar-refractivity contribution is -0.160. The average molecular weight is 335 g/mol. The van der Waals surface area contributed by atoms with E-state index in [1.165, 1.54) is 0 Å². The standard InChI is InChI=1S/C16H34O5Si/c1-8-10-12(21-22(6,7)16(3,4)5)11-13(17)14(18)15(19)20-9-2/h12-14,17-18H,8-11H2,1-7H3/t12-,13+,14-/m0/s1. The van der Waals surface area contributed by atoms with Gasteiger partial charge in [-0.3, -0.25) is 0 Å². The Labute approximate surface area is 136 Å². The molecule has 5 nitrogen and oxygen atoms in total. The van der Waals surface area contributed by atoms with Gasteiger partial charge in [-0.1, -0.05) is 34.1 Å². The van der Waals surface area contributed by atoms with Crippen LogP contribution in [0, 0.1) is 0 Å². The van der Waals surface area contributed by atoms with E-state index < -0.39 is 26.5 Å². The second-order valence-corrected chi connectivity index (χ2v) is 12.0. The highest BCUT2D eigenvalue weighted by Crippen LogP contribution is 2.38. The first kappa shape index (κ1) is 21.6. The predicted molar refractivity (Wildman–Crippen MR) is 90.2 cm³/mol. The molecule has 0 saturated carbocycles. The second-order valence-electron chi connectivity index (χ2n) is 7.29. The summed E-state index contributed by atoms with van der Waals surface area (Å²) in [5.41, 5.74) is 0. The summed E-state index contributed by atoms with van der Waals surface area (Å²) in [4.78, 5) is 11.5. The molecule has 2 N–H and O–H groups in total. The van der Waals surface area contributed by atoms with Crippen molar-refractivity contribution in [2.24, 2.45) is 0 Å². The van der Waals surface area contributed by atoms with E-state index >= 15 is 0 Å². The van der Waals surface area contributed by atoms with Crippen LogP contribution in [-0.2, 0) is 14.0 Å². The molecule has 0 bridgehead atoms. The van der Waals surface area contributed by atoms with Crippen molar-refractivity contribution in [3.8, 4) is 0 Å². The second kappa shape index (κ2) is 9.01. The highest BCUT2D eigenvalue weighted by molar-refractivity contribution is 6.74. The number of hydrogen-bond donors (Lipinski definition) is 2. The fourth-order valence-electron chi connectivity index (χ4n) is 1.92. The molecule has 0 aromatic carbocycles. The zero-order valence-corrected chi connectivity index (χ0v) is 16.2. The van der Waals surface area contributed by atoms with Crippen LogP contribution in [0.1, 0.15) is 53.9 Å². The van der Waals surface area contributed by atoms with Gasteiger partial charge in [0, 0.05) is 12.5 Å². The Morgan fingerprint density at radius 1 is 1.18 bits per heavy atom. The molecule has 0 aliphatic heterocycles. The van der Waals surface area contributed by atoms with E-state index in [0.29, 0.717) is 0 Å². The van der Waals surface area contributed by atoms with E-state index in [9.17, 15) is 15.0 Å². The van der Waals surface area contributed by atoms with Crippen molar-refractivity contribution in [2.75, 3.05) is 6.61 Å². The van der Waals surface area contributed by atoms with E-state index in [-0.39, 0.29) is 24.2 Å². The average Bonchev–Trinajstić information content (AvgIpc) is 2.36. The van der Waals surface area contributed by atoms with Gasteiger partial charge in [-0.25, -0.2) is 4.79 Å². The van der Waals surface area contributed by atoms with Gasteiger partial charge in [-0.2, -0.15) is 0 Å². The third kappa shape index (κ3) is 6.77. The van der Waals surface area contributed by atoms with Gasteiger partial charge in [-0.05, 0) is 31.5 Å². The molecule has 0 fully saturated rings. The van der Waals surface area contributed by atoms with Crippen LogP contribution in [0.25, 0.3) is 0 Å². The van der Waals surface area contributed by atoms with Gasteiger partial charge in [0.05, 0.1) is 12.7 Å². The Hall–Kier alpha value is -0.433. The lowest BCUT2D eigenvalue weighted by atomic mass is 10.0. The molecule has 0 rings (SSSR count). The van der Waals surface area contributed by atoms with Gasteiger partial charge in [-0.15, -0.1) is 0 Å². The Morgan fingerprint density at radius 3 is 2.14 bits per heavy atom. The van der Waals surface area contributed by atoms with Crippen molar-refractivity contribution < 1.29 is 24.2 Å². The molecule has 6 heteroatoms. The highest BCUT2D eigenvalue weighted by Gasteiger charge is 2.40. The number of rotatable bonds is 9. The maximum Gasteiger partial charge on any atom is 0.337 e. The quantitative estimate of drug-likeness (QED) is 0.501. The molecule has 0 amide bonds. The zero-order valence-electron chi connectivity index (χ0n) is 15.2. The Balaban J connectivity index is 4.80. The Kier molecular flexibility index (Phi) is 8.83. The molecule has 3 atom stereocenters. The van der Waals surface area contributed by atoms with Crippen molar-refractivity contribution in [3.63, 3.8) is 0 Å². The van der Waals surface area contributed by atoms with Gasteiger partial charge < -0.3 is 19.4 Å². The lowest BCUT2D eigenvalue weighted by Gasteiger charge is -2.40. The molecular formula is C16H34O5Si. The van der Waals surface area contributed by atoms with E-state index in [0.717, 1.165) is 12.8 Å². The van der Waals surface area contributed by atoms with Crippen LogP contribution in [-0.4, -0.2) is 49.4 Å². The minimum Gasteiger partial charge on any atom is -0.464 e. The monoisotopic (exact) mass is 334 g/mol. The molecule has 0 heterocycles. The van der Waals surface area contributed by atoms with Gasteiger partial charge in [0.2, 0.25) is 0 Å². The summed E-state index contributed by atoms with van der Waals surface area (Å²) in [7, 11) is -1.96. The lowest BCUT2D eigenvalue weighted by Crippen LogP contribution is -2.46. The van der Waals surface area contributed by atoms with Gasteiger partial charge in [0.15, 0.2) is 14.4 Å². The molecule has 22 heavy (non-hydrogen) atoms. The zero-order chi connectivity index (χ0) is 17.6. The largest absolute Gasteiger partial charge is 0.464 e. The summed E-state index contributed by atoms with van der Waals surface area (Å²) >= 11 is 0. The number of ether oxygens (including phenoxy) is 1. The van der Waals surface area contributed by atoms with Crippen molar-refractivity contribution in [2.45, 2.75) is 90.3 Å². The SMILES string of the molecule is CCC[C@@H](C[C@@H](O)[C@H](O)C(=O)OCC)O[Si](C)(C)C(C)(C)C. The first-order valence-electron chi connectivity index (χ1n) is 8.16. The van der Waals surface area contributed by atoms with Crippen molar-refractivity contribution in [1.82, 2.24) is 0 Å². The third-order valence-corrected chi connectivity index (χ3v) is 8.81. The number of aliphatic hydroxyl groups is 2. The van der Waals surface area contributed by atoms with Crippen LogP contribution < -0.4 is 0 Å². The maximum absolute atomic E-state index is 11.5. The van der Waals surface area contributed by atoms with Gasteiger partial charge in [0.25, 0.3) is 0 Å². The summed E-state index contributed by atoms with van der Waals surface area (Å²) in [5, 5.41) is 20.0. The van der Waals surface area contributed by atoms with Crippen LogP contribution in [0.15, 0.2) is 0 Å². The highest BCUT2D eigenvalue weighted by atomic mass is 28.4. The van der Waals surface area contributed by atoms with Crippen LogP contribution in [0.4, 0.5) is 0 Å². The fraction of sp³-hybridized carbons (Fsp3) is 0.938. The number of carbonyl (C=O) groups excluding carboxylic acids is 1. The minimum absolute atomic E-state index is 0.0731. The summed E-state index contributed by atoms with van der Waals surface area (Å²) in [6, 6.07) is 0. The molecule has 0 unspecified atom stereocenters. The summed E-state index contributed by atoms with van der Waals surface area (Å²) in [6.07, 6.45) is -0.895. The van der Waals surface area contributed by atoms with Crippen molar-refractivity contribution in [3.05, 3.63) is 0 Å². The molecule has 0 aliphatic carbocycles.